The van der Waals surface area contributed by atoms with Gasteiger partial charge >= 0.3 is 6.03 Å². The lowest BCUT2D eigenvalue weighted by molar-refractivity contribution is -0.133. The van der Waals surface area contributed by atoms with Gasteiger partial charge in [-0.1, -0.05) is 30.3 Å². The van der Waals surface area contributed by atoms with Crippen LogP contribution < -0.4 is 5.32 Å². The maximum absolute atomic E-state index is 13.5. The molecule has 184 valence electrons. The smallest absolute Gasteiger partial charge is 0.322 e. The summed E-state index contributed by atoms with van der Waals surface area (Å²) in [4.78, 5) is 29.8. The summed E-state index contributed by atoms with van der Waals surface area (Å²) in [5.74, 6) is 0.798. The van der Waals surface area contributed by atoms with Crippen LogP contribution in [0.1, 0.15) is 29.9 Å². The molecule has 0 spiro atoms. The van der Waals surface area contributed by atoms with Gasteiger partial charge < -0.3 is 24.3 Å². The van der Waals surface area contributed by atoms with Crippen molar-refractivity contribution >= 4 is 17.6 Å². The molecule has 1 aromatic heterocycles. The molecule has 35 heavy (non-hydrogen) atoms. The second-order valence-corrected chi connectivity index (χ2v) is 8.70. The van der Waals surface area contributed by atoms with E-state index in [0.717, 1.165) is 24.2 Å². The summed E-state index contributed by atoms with van der Waals surface area (Å²) in [5, 5.41) is 2.87. The van der Waals surface area contributed by atoms with E-state index in [1.165, 1.54) is 17.0 Å². The Labute approximate surface area is 204 Å². The van der Waals surface area contributed by atoms with Crippen molar-refractivity contribution in [3.8, 4) is 0 Å². The van der Waals surface area contributed by atoms with Crippen molar-refractivity contribution in [3.05, 3.63) is 89.6 Å². The van der Waals surface area contributed by atoms with Gasteiger partial charge in [-0.05, 0) is 61.7 Å². The molecule has 0 radical (unpaired) electrons. The van der Waals surface area contributed by atoms with E-state index in [4.69, 9.17) is 9.15 Å². The third-order valence-corrected chi connectivity index (χ3v) is 5.87. The van der Waals surface area contributed by atoms with E-state index in [1.807, 2.05) is 37.3 Å². The largest absolute Gasteiger partial charge is 0.464 e. The number of aryl methyl sites for hydroxylation is 1. The van der Waals surface area contributed by atoms with Gasteiger partial charge in [0, 0.05) is 25.4 Å². The van der Waals surface area contributed by atoms with Crippen LogP contribution >= 0.6 is 0 Å². The Morgan fingerprint density at radius 1 is 1.00 bits per heavy atom. The molecule has 2 heterocycles. The van der Waals surface area contributed by atoms with Crippen LogP contribution in [0.5, 0.6) is 0 Å². The fourth-order valence-corrected chi connectivity index (χ4v) is 4.04. The lowest BCUT2D eigenvalue weighted by Gasteiger charge is -2.29. The van der Waals surface area contributed by atoms with Crippen LogP contribution in [-0.4, -0.2) is 47.5 Å². The van der Waals surface area contributed by atoms with E-state index in [-0.39, 0.29) is 43.5 Å². The van der Waals surface area contributed by atoms with E-state index < -0.39 is 0 Å². The Bertz CT molecular complexity index is 1110. The van der Waals surface area contributed by atoms with Crippen LogP contribution in [-0.2, 0) is 22.6 Å². The Morgan fingerprint density at radius 2 is 1.77 bits per heavy atom. The predicted molar refractivity (Wildman–Crippen MR) is 130 cm³/mol. The minimum Gasteiger partial charge on any atom is -0.464 e. The first-order valence-corrected chi connectivity index (χ1v) is 11.8. The lowest BCUT2D eigenvalue weighted by Crippen LogP contribution is -2.46. The molecule has 2 aromatic carbocycles. The topological polar surface area (TPSA) is 75.0 Å². The number of hydrogen-bond donors (Lipinski definition) is 1. The standard InChI is InChI=1S/C27H30FN3O4/c1-20-9-14-25(35-20)18-30(16-21-10-12-22(28)13-11-21)26(32)19-31(17-24-8-5-15-34-24)27(33)29-23-6-3-2-4-7-23/h2-4,6-7,9-14,24H,5,8,15-19H2,1H3,(H,29,33). The van der Waals surface area contributed by atoms with Crippen molar-refractivity contribution in [2.75, 3.05) is 25.0 Å². The maximum atomic E-state index is 13.5. The summed E-state index contributed by atoms with van der Waals surface area (Å²) in [6, 6.07) is 18.5. The van der Waals surface area contributed by atoms with Crippen molar-refractivity contribution in [2.45, 2.75) is 39.0 Å². The van der Waals surface area contributed by atoms with E-state index >= 15 is 0 Å². The molecule has 3 amide bonds. The van der Waals surface area contributed by atoms with Crippen LogP contribution in [0, 0.1) is 12.7 Å². The van der Waals surface area contributed by atoms with Gasteiger partial charge in [0.25, 0.3) is 0 Å². The summed E-state index contributed by atoms with van der Waals surface area (Å²) in [7, 11) is 0. The van der Waals surface area contributed by atoms with Gasteiger partial charge in [-0.2, -0.15) is 0 Å². The van der Waals surface area contributed by atoms with E-state index in [2.05, 4.69) is 5.32 Å². The molecule has 7 nitrogen and oxygen atoms in total. The van der Waals surface area contributed by atoms with E-state index in [9.17, 15) is 14.0 Å². The molecule has 0 saturated carbocycles. The first-order chi connectivity index (χ1) is 17.0. The molecular weight excluding hydrogens is 449 g/mol. The highest BCUT2D eigenvalue weighted by Crippen LogP contribution is 2.17. The molecule has 1 saturated heterocycles. The molecule has 1 fully saturated rings. The lowest BCUT2D eigenvalue weighted by atomic mass is 10.2. The second-order valence-electron chi connectivity index (χ2n) is 8.70. The average Bonchev–Trinajstić information content (AvgIpc) is 3.51. The Morgan fingerprint density at radius 3 is 2.43 bits per heavy atom. The summed E-state index contributed by atoms with van der Waals surface area (Å²) in [6.07, 6.45) is 1.66. The summed E-state index contributed by atoms with van der Waals surface area (Å²) in [5.41, 5.74) is 1.43. The quantitative estimate of drug-likeness (QED) is 0.470. The molecule has 1 atom stereocenters. The highest BCUT2D eigenvalue weighted by atomic mass is 19.1. The summed E-state index contributed by atoms with van der Waals surface area (Å²) < 4.78 is 24.8. The van der Waals surface area contributed by atoms with Gasteiger partial charge in [-0.25, -0.2) is 9.18 Å². The Kier molecular flexibility index (Phi) is 8.15. The minimum atomic E-state index is -0.365. The number of para-hydroxylation sites is 1. The van der Waals surface area contributed by atoms with Gasteiger partial charge in [-0.3, -0.25) is 4.79 Å². The molecule has 1 aliphatic heterocycles. The first-order valence-electron chi connectivity index (χ1n) is 11.8. The normalized spacial score (nSPS) is 15.1. The van der Waals surface area contributed by atoms with Crippen LogP contribution in [0.4, 0.5) is 14.9 Å². The zero-order valence-corrected chi connectivity index (χ0v) is 19.8. The molecule has 1 aliphatic rings. The second kappa shape index (κ2) is 11.7. The van der Waals surface area contributed by atoms with Crippen LogP contribution in [0.25, 0.3) is 0 Å². The molecule has 1 N–H and O–H groups in total. The van der Waals surface area contributed by atoms with Crippen LogP contribution in [0.3, 0.4) is 0 Å². The molecule has 0 aliphatic carbocycles. The summed E-state index contributed by atoms with van der Waals surface area (Å²) in [6.45, 7) is 3.17. The number of halogens is 1. The zero-order valence-electron chi connectivity index (χ0n) is 19.8. The zero-order chi connectivity index (χ0) is 24.6. The number of carbonyl (C=O) groups is 2. The molecule has 3 aromatic rings. The Hall–Kier alpha value is -3.65. The minimum absolute atomic E-state index is 0.109. The number of benzene rings is 2. The number of furan rings is 1. The number of carbonyl (C=O) groups excluding carboxylic acids is 2. The molecule has 1 unspecified atom stereocenters. The molecule has 8 heteroatoms. The number of urea groups is 1. The van der Waals surface area contributed by atoms with Gasteiger partial charge in [0.05, 0.1) is 12.6 Å². The van der Waals surface area contributed by atoms with Crippen molar-refractivity contribution in [1.82, 2.24) is 9.80 Å². The first kappa shape index (κ1) is 24.5. The van der Waals surface area contributed by atoms with Gasteiger partial charge in [0.2, 0.25) is 5.91 Å². The van der Waals surface area contributed by atoms with Gasteiger partial charge in [0.15, 0.2) is 0 Å². The third-order valence-electron chi connectivity index (χ3n) is 5.87. The number of anilines is 1. The van der Waals surface area contributed by atoms with E-state index in [0.29, 0.717) is 24.6 Å². The van der Waals surface area contributed by atoms with Crippen molar-refractivity contribution in [1.29, 1.82) is 0 Å². The van der Waals surface area contributed by atoms with E-state index in [1.54, 1.807) is 29.2 Å². The number of nitrogens with zero attached hydrogens (tertiary/aromatic N) is 2. The van der Waals surface area contributed by atoms with Crippen LogP contribution in [0.15, 0.2) is 71.1 Å². The van der Waals surface area contributed by atoms with Gasteiger partial charge in [-0.15, -0.1) is 0 Å². The molecule has 0 bridgehead atoms. The van der Waals surface area contributed by atoms with Gasteiger partial charge in [0.1, 0.15) is 23.9 Å². The highest BCUT2D eigenvalue weighted by Gasteiger charge is 2.27. The Balaban J connectivity index is 1.51. The number of nitrogens with one attached hydrogen (secondary N) is 1. The number of amides is 3. The maximum Gasteiger partial charge on any atom is 0.322 e. The SMILES string of the molecule is Cc1ccc(CN(Cc2ccc(F)cc2)C(=O)CN(CC2CCCO2)C(=O)Nc2ccccc2)o1. The summed E-state index contributed by atoms with van der Waals surface area (Å²) >= 11 is 0. The fraction of sp³-hybridized carbons (Fsp3) is 0.333. The monoisotopic (exact) mass is 479 g/mol. The third kappa shape index (κ3) is 7.16. The molecule has 4 rings (SSSR count). The number of rotatable bonds is 9. The van der Waals surface area contributed by atoms with Crippen LogP contribution in [0.2, 0.25) is 0 Å². The van der Waals surface area contributed by atoms with Crippen molar-refractivity contribution < 1.29 is 23.1 Å². The average molecular weight is 480 g/mol. The van der Waals surface area contributed by atoms with Crippen molar-refractivity contribution in [2.24, 2.45) is 0 Å². The molecular formula is C27H30FN3O4. The number of hydrogen-bond acceptors (Lipinski definition) is 4. The highest BCUT2D eigenvalue weighted by molar-refractivity contribution is 5.92. The number of ether oxygens (including phenoxy) is 1. The fourth-order valence-electron chi connectivity index (χ4n) is 4.04. The van der Waals surface area contributed by atoms with Crippen molar-refractivity contribution in [3.63, 3.8) is 0 Å². The predicted octanol–water partition coefficient (Wildman–Crippen LogP) is 4.97.